The highest BCUT2D eigenvalue weighted by Gasteiger charge is 2.68. The summed E-state index contributed by atoms with van der Waals surface area (Å²) in [6.45, 7) is 12.2. The third kappa shape index (κ3) is 43.2. The molecule has 2 aliphatic heterocycles. The van der Waals surface area contributed by atoms with Crippen molar-refractivity contribution in [2.75, 3.05) is 26.4 Å². The first-order valence-corrected chi connectivity index (χ1v) is 35.4. The summed E-state index contributed by atoms with van der Waals surface area (Å²) in [4.78, 5) is 0. The summed E-state index contributed by atoms with van der Waals surface area (Å²) in [6, 6.07) is 0. The van der Waals surface area contributed by atoms with Crippen molar-refractivity contribution in [2.24, 2.45) is 0 Å². The molecule has 2 heterocycles. The van der Waals surface area contributed by atoms with Crippen molar-refractivity contribution in [1.82, 2.24) is 0 Å². The molecule has 0 aliphatic carbocycles. The Morgan fingerprint density at radius 1 is 0.227 bits per heavy atom. The van der Waals surface area contributed by atoms with Crippen LogP contribution >= 0.6 is 0 Å². The highest BCUT2D eigenvalue weighted by molar-refractivity contribution is 5.03. The smallest absolute Gasteiger partial charge is 0.201 e. The summed E-state index contributed by atoms with van der Waals surface area (Å²) in [5.74, 6) is -1.13. The molecule has 4 unspecified atom stereocenters. The molecule has 75 heavy (non-hydrogen) atoms. The molecule has 0 aromatic heterocycles. The van der Waals surface area contributed by atoms with E-state index in [9.17, 15) is 0 Å². The van der Waals surface area contributed by atoms with Gasteiger partial charge in [-0.25, -0.2) is 0 Å². The van der Waals surface area contributed by atoms with Gasteiger partial charge in [0.2, 0.25) is 11.6 Å². The quantitative estimate of drug-likeness (QED) is 0.0449. The molecular weight excluding hydrogens is 921 g/mol. The van der Waals surface area contributed by atoms with Crippen LogP contribution in [0.25, 0.3) is 0 Å². The fourth-order valence-corrected chi connectivity index (χ4v) is 12.1. The van der Waals surface area contributed by atoms with E-state index in [1.165, 1.54) is 334 Å². The van der Waals surface area contributed by atoms with E-state index in [2.05, 4.69) is 27.7 Å². The molecule has 0 aromatic rings. The minimum absolute atomic E-state index is 0.0145. The Hall–Kier alpha value is -0.200. The van der Waals surface area contributed by atoms with Crippen molar-refractivity contribution in [2.45, 2.75) is 424 Å². The Morgan fingerprint density at radius 3 is 0.600 bits per heavy atom. The summed E-state index contributed by atoms with van der Waals surface area (Å²) >= 11 is 0. The first kappa shape index (κ1) is 70.9. The fraction of sp³-hybridized carbons (Fsp3) is 1.00. The van der Waals surface area contributed by atoms with Crippen LogP contribution in [-0.2, 0) is 23.7 Å². The third-order valence-electron chi connectivity index (χ3n) is 17.5. The molecule has 4 atom stereocenters. The Kier molecular flexibility index (Phi) is 51.4. The van der Waals surface area contributed by atoms with Gasteiger partial charge in [-0.15, -0.1) is 0 Å². The van der Waals surface area contributed by atoms with E-state index in [1.807, 2.05) is 0 Å². The summed E-state index contributed by atoms with van der Waals surface area (Å²) in [5.41, 5.74) is 0. The van der Waals surface area contributed by atoms with Crippen LogP contribution in [0.2, 0.25) is 0 Å². The van der Waals surface area contributed by atoms with Crippen LogP contribution in [0, 0.1) is 0 Å². The molecule has 5 heteroatoms. The van der Waals surface area contributed by atoms with Crippen LogP contribution in [0.15, 0.2) is 0 Å². The van der Waals surface area contributed by atoms with Gasteiger partial charge < -0.3 is 23.7 Å². The van der Waals surface area contributed by atoms with Gasteiger partial charge in [0, 0.05) is 26.1 Å². The second kappa shape index (κ2) is 54.4. The minimum Gasteiger partial charge on any atom is -0.379 e. The van der Waals surface area contributed by atoms with E-state index < -0.39 is 11.6 Å². The van der Waals surface area contributed by atoms with E-state index in [-0.39, 0.29) is 12.2 Å². The van der Waals surface area contributed by atoms with E-state index in [0.29, 0.717) is 13.2 Å². The number of ether oxygens (including phenoxy) is 5. The summed E-state index contributed by atoms with van der Waals surface area (Å²) in [7, 11) is 0. The fourth-order valence-electron chi connectivity index (χ4n) is 12.1. The molecule has 2 aliphatic rings. The molecule has 0 radical (unpaired) electrons. The van der Waals surface area contributed by atoms with Gasteiger partial charge in [-0.2, -0.15) is 0 Å². The van der Waals surface area contributed by atoms with Gasteiger partial charge in [-0.05, 0) is 25.7 Å². The van der Waals surface area contributed by atoms with E-state index in [1.54, 1.807) is 0 Å². The normalized spacial score (nSPS) is 19.2. The number of rotatable bonds is 66. The molecule has 2 fully saturated rings. The first-order valence-electron chi connectivity index (χ1n) is 35.4. The van der Waals surface area contributed by atoms with Gasteiger partial charge in [0.15, 0.2) is 0 Å². The lowest BCUT2D eigenvalue weighted by Gasteiger charge is -2.22. The van der Waals surface area contributed by atoms with Crippen LogP contribution in [0.1, 0.15) is 400 Å². The molecule has 2 saturated heterocycles. The van der Waals surface area contributed by atoms with Gasteiger partial charge in [-0.3, -0.25) is 0 Å². The van der Waals surface area contributed by atoms with Gasteiger partial charge in [0.05, 0.1) is 13.2 Å². The van der Waals surface area contributed by atoms with Crippen molar-refractivity contribution in [1.29, 1.82) is 0 Å². The SMILES string of the molecule is CCCCCCCCCCCCCCCCOCC1OC1(CCCCCCCCCCCCCCCC)OC1(CCCCCCCCCCCCCCCC)OC1COCCCCCCCCCCCCCCCC. The second-order valence-electron chi connectivity index (χ2n) is 25.0. The molecular formula is C70H138O5. The van der Waals surface area contributed by atoms with Crippen LogP contribution in [0.3, 0.4) is 0 Å². The second-order valence-corrected chi connectivity index (χ2v) is 25.0. The number of epoxide rings is 2. The van der Waals surface area contributed by atoms with Crippen molar-refractivity contribution < 1.29 is 23.7 Å². The highest BCUT2D eigenvalue weighted by atomic mass is 16.9. The van der Waals surface area contributed by atoms with E-state index >= 15 is 0 Å². The molecule has 0 N–H and O–H groups in total. The lowest BCUT2D eigenvalue weighted by molar-refractivity contribution is -0.157. The average molecular weight is 1060 g/mol. The molecule has 2 rings (SSSR count). The van der Waals surface area contributed by atoms with Gasteiger partial charge in [0.1, 0.15) is 12.2 Å². The average Bonchev–Trinajstić information content (AvgIpc) is 4.31. The zero-order valence-corrected chi connectivity index (χ0v) is 52.0. The van der Waals surface area contributed by atoms with Crippen molar-refractivity contribution >= 4 is 0 Å². The Labute approximate surface area is 471 Å². The van der Waals surface area contributed by atoms with Crippen LogP contribution < -0.4 is 0 Å². The molecule has 0 amide bonds. The largest absolute Gasteiger partial charge is 0.379 e. The van der Waals surface area contributed by atoms with Crippen LogP contribution in [-0.4, -0.2) is 50.2 Å². The molecule has 448 valence electrons. The molecule has 0 spiro atoms. The van der Waals surface area contributed by atoms with Crippen LogP contribution in [0.4, 0.5) is 0 Å². The third-order valence-corrected chi connectivity index (χ3v) is 17.5. The number of unbranched alkanes of at least 4 members (excludes halogenated alkanes) is 52. The lowest BCUT2D eigenvalue weighted by atomic mass is 10.0. The zero-order chi connectivity index (χ0) is 53.5. The van der Waals surface area contributed by atoms with E-state index in [0.717, 1.165) is 51.7 Å². The molecule has 0 aromatic carbocycles. The van der Waals surface area contributed by atoms with Gasteiger partial charge >= 0.3 is 0 Å². The van der Waals surface area contributed by atoms with Gasteiger partial charge in [-0.1, -0.05) is 362 Å². The summed E-state index contributed by atoms with van der Waals surface area (Å²) in [6.07, 6.45) is 79.2. The predicted molar refractivity (Wildman–Crippen MR) is 328 cm³/mol. The topological polar surface area (TPSA) is 52.8 Å². The predicted octanol–water partition coefficient (Wildman–Crippen LogP) is 23.9. The standard InChI is InChI=1S/C70H138O5/c1-5-9-13-17-21-25-29-33-37-41-45-49-53-57-61-69(67(73-69)65-71-63-59-55-51-47-43-39-35-31-27-23-19-15-11-7-3)75-70(62-58-54-50-46-42-38-34-30-26-22-18-14-10-6-2)68(74-70)66-72-64-60-56-52-48-44-40-36-32-28-24-20-16-12-8-4/h67-68H,5-66H2,1-4H3. The Morgan fingerprint density at radius 2 is 0.400 bits per heavy atom. The molecule has 0 bridgehead atoms. The van der Waals surface area contributed by atoms with Crippen LogP contribution in [0.5, 0.6) is 0 Å². The minimum atomic E-state index is -0.563. The lowest BCUT2D eigenvalue weighted by Crippen LogP contribution is -2.34. The maximum absolute atomic E-state index is 7.25. The molecule has 0 saturated carbocycles. The zero-order valence-electron chi connectivity index (χ0n) is 52.0. The summed E-state index contributed by atoms with van der Waals surface area (Å²) in [5, 5.41) is 0. The highest BCUT2D eigenvalue weighted by Crippen LogP contribution is 2.53. The monoisotopic (exact) mass is 1060 g/mol. The number of hydrogen-bond acceptors (Lipinski definition) is 5. The number of hydrogen-bond donors (Lipinski definition) is 0. The molecule has 5 nitrogen and oxygen atoms in total. The van der Waals surface area contributed by atoms with Crippen molar-refractivity contribution in [3.63, 3.8) is 0 Å². The van der Waals surface area contributed by atoms with Gasteiger partial charge in [0.25, 0.3) is 0 Å². The maximum Gasteiger partial charge on any atom is 0.201 e. The first-order chi connectivity index (χ1) is 37.2. The summed E-state index contributed by atoms with van der Waals surface area (Å²) < 4.78 is 33.3. The Balaban J connectivity index is 1.81. The maximum atomic E-state index is 7.25. The Bertz CT molecular complexity index is 1030. The van der Waals surface area contributed by atoms with E-state index in [4.69, 9.17) is 23.7 Å². The van der Waals surface area contributed by atoms with Crippen molar-refractivity contribution in [3.8, 4) is 0 Å². The van der Waals surface area contributed by atoms with Crippen molar-refractivity contribution in [3.05, 3.63) is 0 Å².